The standard InChI is InChI=1S/C14H14FNO2.C6H4F2N.Y/c1-9-3-8-12(14(17)18-2)13(16-9)10-4-6-11(15)7-5-10;7-4-2-1-3-5(8)6(4)9;/h3-8,12-13H,1-2H3;1-3,9H;/q;-1;. The summed E-state index contributed by atoms with van der Waals surface area (Å²) in [4.78, 5) is 16.1. The number of rotatable bonds is 2. The number of benzene rings is 2. The number of carbonyl (C=O) groups excluding carboxylic acids is 1. The summed E-state index contributed by atoms with van der Waals surface area (Å²) in [5.41, 5.74) is 7.66. The number of methoxy groups -OCH3 is 1. The number of hydrogen-bond acceptors (Lipinski definition) is 3. The van der Waals surface area contributed by atoms with Gasteiger partial charge >= 0.3 is 5.97 Å². The largest absolute Gasteiger partial charge is 0.694 e. The van der Waals surface area contributed by atoms with Crippen molar-refractivity contribution in [3.8, 4) is 0 Å². The smallest absolute Gasteiger partial charge is 0.315 e. The van der Waals surface area contributed by atoms with Crippen molar-refractivity contribution in [2.75, 3.05) is 7.11 Å². The molecule has 145 valence electrons. The molecule has 0 fully saturated rings. The Morgan fingerprint density at radius 2 is 1.64 bits per heavy atom. The van der Waals surface area contributed by atoms with Crippen LogP contribution in [0, 0.1) is 23.4 Å². The van der Waals surface area contributed by atoms with Crippen molar-refractivity contribution in [3.05, 3.63) is 83.4 Å². The van der Waals surface area contributed by atoms with E-state index in [9.17, 15) is 18.0 Å². The number of esters is 1. The minimum absolute atomic E-state index is 0. The quantitative estimate of drug-likeness (QED) is 0.564. The Kier molecular flexibility index (Phi) is 9.55. The van der Waals surface area contributed by atoms with Crippen LogP contribution in [0.3, 0.4) is 0 Å². The van der Waals surface area contributed by atoms with E-state index < -0.39 is 23.2 Å². The second-order valence-electron chi connectivity index (χ2n) is 5.77. The average Bonchev–Trinajstić information content (AvgIpc) is 2.66. The molecule has 0 saturated carbocycles. The number of dihydropyridines is 1. The fourth-order valence-corrected chi connectivity index (χ4v) is 2.47. The van der Waals surface area contributed by atoms with Crippen molar-refractivity contribution in [1.29, 1.82) is 0 Å². The molecule has 1 radical (unpaired) electrons. The van der Waals surface area contributed by atoms with Gasteiger partial charge in [0.2, 0.25) is 0 Å². The van der Waals surface area contributed by atoms with E-state index in [0.717, 1.165) is 23.4 Å². The molecule has 1 N–H and O–H groups in total. The number of ether oxygens (including phenoxy) is 1. The van der Waals surface area contributed by atoms with E-state index >= 15 is 0 Å². The fraction of sp³-hybridized carbons (Fsp3) is 0.200. The molecular weight excluding hydrogens is 446 g/mol. The molecule has 4 nitrogen and oxygen atoms in total. The molecule has 8 heteroatoms. The van der Waals surface area contributed by atoms with Gasteiger partial charge in [0.15, 0.2) is 0 Å². The zero-order valence-corrected chi connectivity index (χ0v) is 18.2. The van der Waals surface area contributed by atoms with Crippen molar-refractivity contribution in [3.63, 3.8) is 0 Å². The second-order valence-corrected chi connectivity index (χ2v) is 5.77. The van der Waals surface area contributed by atoms with Crippen molar-refractivity contribution < 1.29 is 55.4 Å². The van der Waals surface area contributed by atoms with E-state index in [1.165, 1.54) is 25.3 Å². The summed E-state index contributed by atoms with van der Waals surface area (Å²) >= 11 is 0. The van der Waals surface area contributed by atoms with Crippen molar-refractivity contribution in [2.24, 2.45) is 10.9 Å². The van der Waals surface area contributed by atoms with E-state index in [1.54, 1.807) is 24.3 Å². The molecule has 0 amide bonds. The van der Waals surface area contributed by atoms with Crippen LogP contribution < -0.4 is 0 Å². The van der Waals surface area contributed by atoms with E-state index in [4.69, 9.17) is 10.5 Å². The summed E-state index contributed by atoms with van der Waals surface area (Å²) < 4.78 is 42.0. The minimum atomic E-state index is -0.824. The van der Waals surface area contributed by atoms with Gasteiger partial charge in [-0.2, -0.15) is 0 Å². The molecule has 0 spiro atoms. The van der Waals surface area contributed by atoms with Gasteiger partial charge in [0.25, 0.3) is 0 Å². The van der Waals surface area contributed by atoms with Crippen LogP contribution >= 0.6 is 0 Å². The van der Waals surface area contributed by atoms with Crippen molar-refractivity contribution in [2.45, 2.75) is 13.0 Å². The Morgan fingerprint density at radius 3 is 2.14 bits per heavy atom. The number of hydrogen-bond donors (Lipinski definition) is 0. The van der Waals surface area contributed by atoms with Crippen molar-refractivity contribution >= 4 is 17.4 Å². The first kappa shape index (κ1) is 24.1. The number of nitrogens with one attached hydrogen (secondary N) is 1. The molecule has 0 aliphatic carbocycles. The van der Waals surface area contributed by atoms with E-state index in [0.29, 0.717) is 0 Å². The van der Waals surface area contributed by atoms with Crippen LogP contribution in [0.5, 0.6) is 0 Å². The van der Waals surface area contributed by atoms with Crippen LogP contribution in [0.25, 0.3) is 5.73 Å². The van der Waals surface area contributed by atoms with Gasteiger partial charge in [0, 0.05) is 38.4 Å². The van der Waals surface area contributed by atoms with Gasteiger partial charge in [-0.05, 0) is 42.8 Å². The van der Waals surface area contributed by atoms with Crippen LogP contribution in [0.4, 0.5) is 18.9 Å². The Morgan fingerprint density at radius 1 is 1.07 bits per heavy atom. The SMILES string of the molecule is COC(=O)C1C=CC(C)=NC1c1ccc(F)cc1.[NH-]c1c(F)cccc1F.[Y]. The molecule has 3 rings (SSSR count). The van der Waals surface area contributed by atoms with Gasteiger partial charge in [0.1, 0.15) is 23.4 Å². The molecule has 28 heavy (non-hydrogen) atoms. The molecule has 2 aromatic carbocycles. The van der Waals surface area contributed by atoms with Crippen LogP contribution in [0.15, 0.2) is 59.6 Å². The van der Waals surface area contributed by atoms with Gasteiger partial charge < -0.3 is 10.5 Å². The summed E-state index contributed by atoms with van der Waals surface area (Å²) in [5.74, 6) is -2.74. The summed E-state index contributed by atoms with van der Waals surface area (Å²) in [6.45, 7) is 1.86. The van der Waals surface area contributed by atoms with Crippen LogP contribution in [0.2, 0.25) is 0 Å². The number of allylic oxidation sites excluding steroid dienone is 1. The zero-order chi connectivity index (χ0) is 20.0. The number of nitrogens with zero attached hydrogens (tertiary/aromatic N) is 1. The van der Waals surface area contributed by atoms with Crippen molar-refractivity contribution in [1.82, 2.24) is 0 Å². The van der Waals surface area contributed by atoms with Gasteiger partial charge in [-0.3, -0.25) is 9.79 Å². The van der Waals surface area contributed by atoms with Crippen LogP contribution in [0.1, 0.15) is 18.5 Å². The van der Waals surface area contributed by atoms with E-state index in [-0.39, 0.29) is 50.5 Å². The molecule has 1 heterocycles. The van der Waals surface area contributed by atoms with E-state index in [2.05, 4.69) is 4.99 Å². The number of carbonyl (C=O) groups is 1. The fourth-order valence-electron chi connectivity index (χ4n) is 2.47. The molecule has 2 unspecified atom stereocenters. The summed E-state index contributed by atoms with van der Waals surface area (Å²) in [5, 5.41) is 0. The maximum absolute atomic E-state index is 12.9. The maximum Gasteiger partial charge on any atom is 0.315 e. The second kappa shape index (κ2) is 11.1. The summed E-state index contributed by atoms with van der Waals surface area (Å²) in [6, 6.07) is 9.00. The first-order valence-corrected chi connectivity index (χ1v) is 8.05. The monoisotopic (exact) mass is 464 g/mol. The summed E-state index contributed by atoms with van der Waals surface area (Å²) in [7, 11) is 1.35. The number of halogens is 3. The third kappa shape index (κ3) is 6.28. The van der Waals surface area contributed by atoms with Gasteiger partial charge in [-0.15, -0.1) is 0 Å². The van der Waals surface area contributed by atoms with Crippen LogP contribution in [-0.2, 0) is 42.2 Å². The van der Waals surface area contributed by atoms with Gasteiger partial charge in [-0.1, -0.05) is 30.0 Å². The molecule has 1 aliphatic rings. The Balaban J connectivity index is 0.000000332. The normalized spacial score (nSPS) is 17.5. The predicted octanol–water partition coefficient (Wildman–Crippen LogP) is 5.33. The third-order valence-electron chi connectivity index (χ3n) is 3.88. The molecule has 0 bridgehead atoms. The first-order valence-electron chi connectivity index (χ1n) is 8.05. The third-order valence-corrected chi connectivity index (χ3v) is 3.88. The zero-order valence-electron chi connectivity index (χ0n) is 15.3. The predicted molar refractivity (Wildman–Crippen MR) is 97.2 cm³/mol. The molecule has 0 saturated heterocycles. The Bertz CT molecular complexity index is 850. The molecule has 0 aromatic heterocycles. The molecular formula is C20H18F3N2O2Y-. The Hall–Kier alpha value is -1.99. The molecule has 1 aliphatic heterocycles. The van der Waals surface area contributed by atoms with Gasteiger partial charge in [-0.25, -0.2) is 13.2 Å². The molecule has 2 aromatic rings. The first-order chi connectivity index (χ1) is 12.8. The average molecular weight is 464 g/mol. The summed E-state index contributed by atoms with van der Waals surface area (Å²) in [6.07, 6.45) is 3.57. The van der Waals surface area contributed by atoms with Gasteiger partial charge in [0.05, 0.1) is 13.2 Å². The Labute approximate surface area is 186 Å². The molecule has 2 atom stereocenters. The van der Waals surface area contributed by atoms with Crippen LogP contribution in [-0.4, -0.2) is 18.8 Å². The van der Waals surface area contributed by atoms with E-state index in [1.807, 2.05) is 6.92 Å². The minimum Gasteiger partial charge on any atom is -0.694 e. The topological polar surface area (TPSA) is 62.5 Å². The maximum atomic E-state index is 12.9. The number of aliphatic imine (C=N–C) groups is 1.